The second-order valence-corrected chi connectivity index (χ2v) is 5.04. The zero-order valence-electron chi connectivity index (χ0n) is 11.5. The van der Waals surface area contributed by atoms with Crippen molar-refractivity contribution in [2.75, 3.05) is 11.1 Å². The molecule has 106 valence electrons. The lowest BCUT2D eigenvalue weighted by molar-refractivity contribution is 0.102. The number of aryl methyl sites for hydroxylation is 2. The zero-order chi connectivity index (χ0) is 14.7. The fraction of sp³-hybridized carbons (Fsp3) is 0.286. The summed E-state index contributed by atoms with van der Waals surface area (Å²) in [4.78, 5) is 12.1. The van der Waals surface area contributed by atoms with E-state index >= 15 is 0 Å². The summed E-state index contributed by atoms with van der Waals surface area (Å²) in [6, 6.07) is 5.33. The molecule has 0 saturated carbocycles. The molecule has 0 radical (unpaired) electrons. The van der Waals surface area contributed by atoms with Crippen molar-refractivity contribution in [2.24, 2.45) is 0 Å². The third-order valence-electron chi connectivity index (χ3n) is 3.03. The van der Waals surface area contributed by atoms with Crippen molar-refractivity contribution >= 4 is 28.9 Å². The largest absolute Gasteiger partial charge is 0.395 e. The minimum atomic E-state index is -0.346. The van der Waals surface area contributed by atoms with Crippen molar-refractivity contribution in [1.29, 1.82) is 0 Å². The number of nitrogens with two attached hydrogens (primary N) is 1. The molecule has 4 N–H and O–H groups in total. The van der Waals surface area contributed by atoms with Crippen LogP contribution in [0.5, 0.6) is 0 Å². The molecule has 1 aromatic carbocycles. The standard InChI is InChI=1S/C14H17ClN4O/c1-3-4-11-12(16)13(19-18-11)14(20)17-9-6-5-8(2)10(15)7-9/h5-7H,3-4,16H2,1-2H3,(H,17,20)(H,18,19). The molecule has 0 aliphatic rings. The van der Waals surface area contributed by atoms with E-state index in [1.165, 1.54) is 0 Å². The number of aromatic nitrogens is 2. The second kappa shape index (κ2) is 5.96. The van der Waals surface area contributed by atoms with E-state index in [2.05, 4.69) is 15.5 Å². The number of amides is 1. The van der Waals surface area contributed by atoms with Crippen molar-refractivity contribution in [3.63, 3.8) is 0 Å². The van der Waals surface area contributed by atoms with Gasteiger partial charge in [0.15, 0.2) is 5.69 Å². The number of aromatic amines is 1. The molecule has 0 saturated heterocycles. The SMILES string of the molecule is CCCc1[nH]nc(C(=O)Nc2ccc(C)c(Cl)c2)c1N. The number of halogens is 1. The van der Waals surface area contributed by atoms with Gasteiger partial charge in [0.25, 0.3) is 5.91 Å². The Balaban J connectivity index is 2.17. The summed E-state index contributed by atoms with van der Waals surface area (Å²) in [6.45, 7) is 3.94. The van der Waals surface area contributed by atoms with Gasteiger partial charge in [-0.05, 0) is 31.0 Å². The van der Waals surface area contributed by atoms with Crippen molar-refractivity contribution < 1.29 is 4.79 Å². The van der Waals surface area contributed by atoms with Gasteiger partial charge < -0.3 is 11.1 Å². The lowest BCUT2D eigenvalue weighted by Crippen LogP contribution is -2.14. The molecule has 0 fully saturated rings. The number of rotatable bonds is 4. The Bertz CT molecular complexity index is 636. The van der Waals surface area contributed by atoms with Crippen LogP contribution >= 0.6 is 11.6 Å². The average Bonchev–Trinajstić information content (AvgIpc) is 2.76. The molecule has 0 bridgehead atoms. The third kappa shape index (κ3) is 2.93. The summed E-state index contributed by atoms with van der Waals surface area (Å²) in [5.41, 5.74) is 8.90. The molecule has 1 heterocycles. The molecule has 0 atom stereocenters. The molecule has 20 heavy (non-hydrogen) atoms. The molecule has 0 unspecified atom stereocenters. The highest BCUT2D eigenvalue weighted by atomic mass is 35.5. The molecule has 1 amide bonds. The summed E-state index contributed by atoms with van der Waals surface area (Å²) in [5, 5.41) is 10.1. The zero-order valence-corrected chi connectivity index (χ0v) is 12.2. The first-order chi connectivity index (χ1) is 9.52. The van der Waals surface area contributed by atoms with E-state index in [-0.39, 0.29) is 11.6 Å². The molecule has 1 aromatic heterocycles. The summed E-state index contributed by atoms with van der Waals surface area (Å²) in [5.74, 6) is -0.346. The maximum Gasteiger partial charge on any atom is 0.278 e. The van der Waals surface area contributed by atoms with Gasteiger partial charge in [0.1, 0.15) is 0 Å². The van der Waals surface area contributed by atoms with Crippen LogP contribution in [0.4, 0.5) is 11.4 Å². The van der Waals surface area contributed by atoms with Gasteiger partial charge in [-0.3, -0.25) is 9.89 Å². The predicted octanol–water partition coefficient (Wildman–Crippen LogP) is 3.16. The highest BCUT2D eigenvalue weighted by molar-refractivity contribution is 6.31. The van der Waals surface area contributed by atoms with Gasteiger partial charge in [0.2, 0.25) is 0 Å². The minimum Gasteiger partial charge on any atom is -0.395 e. The monoisotopic (exact) mass is 292 g/mol. The van der Waals surface area contributed by atoms with E-state index in [1.807, 2.05) is 19.9 Å². The smallest absolute Gasteiger partial charge is 0.278 e. The minimum absolute atomic E-state index is 0.213. The number of hydrogen-bond acceptors (Lipinski definition) is 3. The third-order valence-corrected chi connectivity index (χ3v) is 3.43. The van der Waals surface area contributed by atoms with Crippen LogP contribution in [-0.4, -0.2) is 16.1 Å². The average molecular weight is 293 g/mol. The number of carbonyl (C=O) groups is 1. The Morgan fingerprint density at radius 2 is 2.25 bits per heavy atom. The second-order valence-electron chi connectivity index (χ2n) is 4.63. The van der Waals surface area contributed by atoms with Gasteiger partial charge in [0.05, 0.1) is 11.4 Å². The van der Waals surface area contributed by atoms with E-state index in [4.69, 9.17) is 17.3 Å². The molecule has 0 aliphatic carbocycles. The summed E-state index contributed by atoms with van der Waals surface area (Å²) < 4.78 is 0. The van der Waals surface area contributed by atoms with E-state index in [1.54, 1.807) is 12.1 Å². The molecule has 6 heteroatoms. The number of anilines is 2. The Hall–Kier alpha value is -2.01. The molecule has 5 nitrogen and oxygen atoms in total. The number of carbonyl (C=O) groups excluding carboxylic acids is 1. The summed E-state index contributed by atoms with van der Waals surface area (Å²) in [6.07, 6.45) is 1.70. The number of H-pyrrole nitrogens is 1. The van der Waals surface area contributed by atoms with Crippen molar-refractivity contribution in [1.82, 2.24) is 10.2 Å². The normalized spacial score (nSPS) is 10.6. The molecule has 0 aliphatic heterocycles. The topological polar surface area (TPSA) is 83.8 Å². The quantitative estimate of drug-likeness (QED) is 0.809. The Morgan fingerprint density at radius 1 is 1.50 bits per heavy atom. The Kier molecular flexibility index (Phi) is 4.29. The van der Waals surface area contributed by atoms with E-state index < -0.39 is 0 Å². The van der Waals surface area contributed by atoms with E-state index in [9.17, 15) is 4.79 Å². The van der Waals surface area contributed by atoms with Crippen LogP contribution in [0, 0.1) is 6.92 Å². The van der Waals surface area contributed by atoms with Crippen LogP contribution in [0.3, 0.4) is 0 Å². The molecular formula is C14H17ClN4O. The fourth-order valence-electron chi connectivity index (χ4n) is 1.86. The van der Waals surface area contributed by atoms with Gasteiger partial charge >= 0.3 is 0 Å². The van der Waals surface area contributed by atoms with Crippen molar-refractivity contribution in [3.8, 4) is 0 Å². The Labute approximate surface area is 122 Å². The number of nitrogen functional groups attached to an aromatic ring is 1. The highest BCUT2D eigenvalue weighted by Gasteiger charge is 2.17. The number of hydrogen-bond donors (Lipinski definition) is 3. The van der Waals surface area contributed by atoms with Crippen molar-refractivity contribution in [3.05, 3.63) is 40.2 Å². The van der Waals surface area contributed by atoms with Gasteiger partial charge in [-0.15, -0.1) is 0 Å². The van der Waals surface area contributed by atoms with Crippen LogP contribution in [-0.2, 0) is 6.42 Å². The molecule has 0 spiro atoms. The van der Waals surface area contributed by atoms with Crippen LogP contribution in [0.2, 0.25) is 5.02 Å². The summed E-state index contributed by atoms with van der Waals surface area (Å²) in [7, 11) is 0. The van der Waals surface area contributed by atoms with Gasteiger partial charge in [0, 0.05) is 10.7 Å². The van der Waals surface area contributed by atoms with Crippen LogP contribution in [0.25, 0.3) is 0 Å². The van der Waals surface area contributed by atoms with Crippen molar-refractivity contribution in [2.45, 2.75) is 26.7 Å². The van der Waals surface area contributed by atoms with Crippen LogP contribution in [0.15, 0.2) is 18.2 Å². The molecule has 2 aromatic rings. The first kappa shape index (κ1) is 14.4. The van der Waals surface area contributed by atoms with Crippen LogP contribution in [0.1, 0.15) is 35.1 Å². The predicted molar refractivity (Wildman–Crippen MR) is 81.1 cm³/mol. The fourth-order valence-corrected chi connectivity index (χ4v) is 2.04. The maximum absolute atomic E-state index is 12.1. The highest BCUT2D eigenvalue weighted by Crippen LogP contribution is 2.22. The van der Waals surface area contributed by atoms with Gasteiger partial charge in [-0.2, -0.15) is 5.10 Å². The van der Waals surface area contributed by atoms with E-state index in [0.717, 1.165) is 24.1 Å². The van der Waals surface area contributed by atoms with Crippen LogP contribution < -0.4 is 11.1 Å². The van der Waals surface area contributed by atoms with E-state index in [0.29, 0.717) is 16.4 Å². The first-order valence-corrected chi connectivity index (χ1v) is 6.81. The Morgan fingerprint density at radius 3 is 2.90 bits per heavy atom. The van der Waals surface area contributed by atoms with Gasteiger partial charge in [-0.25, -0.2) is 0 Å². The molecule has 2 rings (SSSR count). The maximum atomic E-state index is 12.1. The lowest BCUT2D eigenvalue weighted by atomic mass is 10.2. The van der Waals surface area contributed by atoms with Gasteiger partial charge in [-0.1, -0.05) is 31.0 Å². The molecular weight excluding hydrogens is 276 g/mol. The first-order valence-electron chi connectivity index (χ1n) is 6.43. The number of nitrogens with one attached hydrogen (secondary N) is 2. The number of nitrogens with zero attached hydrogens (tertiary/aromatic N) is 1. The number of benzene rings is 1. The lowest BCUT2D eigenvalue weighted by Gasteiger charge is -2.06. The summed E-state index contributed by atoms with van der Waals surface area (Å²) >= 11 is 6.02.